The molecule has 1 aliphatic carbocycles. The van der Waals surface area contributed by atoms with E-state index in [4.69, 9.17) is 5.11 Å². The van der Waals surface area contributed by atoms with Gasteiger partial charge in [-0.15, -0.1) is 0 Å². The first-order valence-corrected chi connectivity index (χ1v) is 7.75. The minimum absolute atomic E-state index is 0.0678. The van der Waals surface area contributed by atoms with E-state index in [1.807, 2.05) is 30.3 Å². The molecule has 0 radical (unpaired) electrons. The number of carboxylic acids is 1. The Bertz CT molecular complexity index is 556. The van der Waals surface area contributed by atoms with E-state index in [0.29, 0.717) is 13.0 Å². The van der Waals surface area contributed by atoms with Gasteiger partial charge in [0.25, 0.3) is 0 Å². The molecule has 0 saturated carbocycles. The van der Waals surface area contributed by atoms with Crippen LogP contribution in [0.25, 0.3) is 0 Å². The van der Waals surface area contributed by atoms with E-state index < -0.39 is 5.97 Å². The van der Waals surface area contributed by atoms with Gasteiger partial charge < -0.3 is 10.0 Å². The Morgan fingerprint density at radius 1 is 1.33 bits per heavy atom. The van der Waals surface area contributed by atoms with Crippen LogP contribution in [-0.2, 0) is 16.1 Å². The Labute approximate surface area is 132 Å². The van der Waals surface area contributed by atoms with Crippen LogP contribution in [0.3, 0.4) is 0 Å². The van der Waals surface area contributed by atoms with Crippen LogP contribution in [0, 0.1) is 5.92 Å². The van der Waals surface area contributed by atoms with Crippen molar-refractivity contribution in [1.82, 2.24) is 4.90 Å². The molecule has 112 valence electrons. The Morgan fingerprint density at radius 3 is 2.76 bits per heavy atom. The zero-order chi connectivity index (χ0) is 15.2. The first-order valence-electron chi connectivity index (χ1n) is 6.96. The molecule has 0 saturated heterocycles. The summed E-state index contributed by atoms with van der Waals surface area (Å²) in [4.78, 5) is 25.0. The van der Waals surface area contributed by atoms with Gasteiger partial charge >= 0.3 is 5.97 Å². The molecule has 1 aromatic carbocycles. The van der Waals surface area contributed by atoms with Gasteiger partial charge in [0.05, 0.1) is 0 Å². The van der Waals surface area contributed by atoms with E-state index in [-0.39, 0.29) is 18.4 Å². The van der Waals surface area contributed by atoms with Crippen LogP contribution in [-0.4, -0.2) is 28.4 Å². The minimum Gasteiger partial charge on any atom is -0.480 e. The topological polar surface area (TPSA) is 57.6 Å². The van der Waals surface area contributed by atoms with Gasteiger partial charge in [0.15, 0.2) is 0 Å². The van der Waals surface area contributed by atoms with Crippen molar-refractivity contribution in [3.8, 4) is 0 Å². The fraction of sp³-hybridized carbons (Fsp3) is 0.375. The van der Waals surface area contributed by atoms with E-state index in [1.165, 1.54) is 4.90 Å². The summed E-state index contributed by atoms with van der Waals surface area (Å²) in [6.07, 6.45) is 6.45. The van der Waals surface area contributed by atoms with Crippen LogP contribution in [0.2, 0.25) is 0 Å². The molecular formula is C16H18BrNO3. The van der Waals surface area contributed by atoms with E-state index in [9.17, 15) is 9.59 Å². The lowest BCUT2D eigenvalue weighted by atomic mass is 9.93. The number of carboxylic acid groups (broad SMARTS) is 1. The second kappa shape index (κ2) is 7.41. The standard InChI is InChI=1S/C16H18BrNO3/c17-14-8-4-5-12(9-14)10-18(11-15(19)20)16(21)13-6-2-1-3-7-13/h1-2,4-5,8-9,13H,3,6-7,10-11H2,(H,19,20). The largest absolute Gasteiger partial charge is 0.480 e. The maximum atomic E-state index is 12.5. The second-order valence-corrected chi connectivity index (χ2v) is 6.12. The highest BCUT2D eigenvalue weighted by molar-refractivity contribution is 9.10. The third-order valence-electron chi connectivity index (χ3n) is 3.52. The highest BCUT2D eigenvalue weighted by Gasteiger charge is 2.25. The normalized spacial score (nSPS) is 17.5. The molecule has 1 N–H and O–H groups in total. The Morgan fingerprint density at radius 2 is 2.14 bits per heavy atom. The lowest BCUT2D eigenvalue weighted by molar-refractivity contribution is -0.147. The molecule has 4 nitrogen and oxygen atoms in total. The molecule has 0 bridgehead atoms. The summed E-state index contributed by atoms with van der Waals surface area (Å²) in [6, 6.07) is 7.58. The van der Waals surface area contributed by atoms with Gasteiger partial charge in [0.1, 0.15) is 6.54 Å². The summed E-state index contributed by atoms with van der Waals surface area (Å²) in [5.41, 5.74) is 0.922. The summed E-state index contributed by atoms with van der Waals surface area (Å²) in [5, 5.41) is 9.05. The molecule has 5 heteroatoms. The van der Waals surface area contributed by atoms with Gasteiger partial charge in [0, 0.05) is 16.9 Å². The fourth-order valence-electron chi connectivity index (χ4n) is 2.51. The van der Waals surface area contributed by atoms with Gasteiger partial charge in [-0.05, 0) is 37.0 Å². The molecule has 0 fully saturated rings. The summed E-state index contributed by atoms with van der Waals surface area (Å²) in [5.74, 6) is -1.15. The molecule has 0 heterocycles. The molecule has 2 rings (SSSR count). The van der Waals surface area contributed by atoms with Crippen LogP contribution in [0.1, 0.15) is 24.8 Å². The quantitative estimate of drug-likeness (QED) is 0.828. The zero-order valence-electron chi connectivity index (χ0n) is 11.7. The number of benzene rings is 1. The highest BCUT2D eigenvalue weighted by Crippen LogP contribution is 2.22. The number of carbonyl (C=O) groups is 2. The molecule has 1 unspecified atom stereocenters. The number of amides is 1. The van der Waals surface area contributed by atoms with Crippen LogP contribution < -0.4 is 0 Å². The van der Waals surface area contributed by atoms with Gasteiger partial charge in [-0.25, -0.2) is 0 Å². The lowest BCUT2D eigenvalue weighted by Gasteiger charge is -2.26. The SMILES string of the molecule is O=C(O)CN(Cc1cccc(Br)c1)C(=O)C1CC=CCC1. The Balaban J connectivity index is 2.11. The number of halogens is 1. The molecule has 0 spiro atoms. The second-order valence-electron chi connectivity index (χ2n) is 5.20. The molecular weight excluding hydrogens is 334 g/mol. The first kappa shape index (κ1) is 15.8. The van der Waals surface area contributed by atoms with E-state index >= 15 is 0 Å². The van der Waals surface area contributed by atoms with Crippen molar-refractivity contribution >= 4 is 27.8 Å². The molecule has 0 aliphatic heterocycles. The molecule has 1 aromatic rings. The number of rotatable bonds is 5. The van der Waals surface area contributed by atoms with Crippen LogP contribution in [0.5, 0.6) is 0 Å². The zero-order valence-corrected chi connectivity index (χ0v) is 13.3. The predicted octanol–water partition coefficient (Wildman–Crippen LogP) is 3.22. The average Bonchev–Trinajstić information content (AvgIpc) is 2.46. The van der Waals surface area contributed by atoms with Crippen molar-refractivity contribution < 1.29 is 14.7 Å². The van der Waals surface area contributed by atoms with Crippen molar-refractivity contribution in [3.05, 3.63) is 46.5 Å². The Hall–Kier alpha value is -1.62. The number of hydrogen-bond donors (Lipinski definition) is 1. The molecule has 21 heavy (non-hydrogen) atoms. The molecule has 1 atom stereocenters. The van der Waals surface area contributed by atoms with Crippen LogP contribution >= 0.6 is 15.9 Å². The lowest BCUT2D eigenvalue weighted by Crippen LogP contribution is -2.39. The average molecular weight is 352 g/mol. The van der Waals surface area contributed by atoms with Crippen molar-refractivity contribution in [2.24, 2.45) is 5.92 Å². The summed E-state index contributed by atoms with van der Waals surface area (Å²) < 4.78 is 0.920. The van der Waals surface area contributed by atoms with Gasteiger partial charge in [-0.1, -0.05) is 40.2 Å². The smallest absolute Gasteiger partial charge is 0.323 e. The monoisotopic (exact) mass is 351 g/mol. The van der Waals surface area contributed by atoms with Gasteiger partial charge in [0.2, 0.25) is 5.91 Å². The van der Waals surface area contributed by atoms with Crippen LogP contribution in [0.4, 0.5) is 0 Å². The highest BCUT2D eigenvalue weighted by atomic mass is 79.9. The number of allylic oxidation sites excluding steroid dienone is 2. The third kappa shape index (κ3) is 4.70. The number of hydrogen-bond acceptors (Lipinski definition) is 2. The number of nitrogens with zero attached hydrogens (tertiary/aromatic N) is 1. The van der Waals surface area contributed by atoms with Gasteiger partial charge in [-0.2, -0.15) is 0 Å². The minimum atomic E-state index is -0.982. The Kier molecular flexibility index (Phi) is 5.56. The maximum absolute atomic E-state index is 12.5. The van der Waals surface area contributed by atoms with Crippen LogP contribution in [0.15, 0.2) is 40.9 Å². The first-order chi connectivity index (χ1) is 10.1. The van der Waals surface area contributed by atoms with E-state index in [1.54, 1.807) is 0 Å². The maximum Gasteiger partial charge on any atom is 0.323 e. The third-order valence-corrected chi connectivity index (χ3v) is 4.01. The van der Waals surface area contributed by atoms with Gasteiger partial charge in [-0.3, -0.25) is 9.59 Å². The summed E-state index contributed by atoms with van der Waals surface area (Å²) in [7, 11) is 0. The molecule has 0 aromatic heterocycles. The molecule has 1 aliphatic rings. The van der Waals surface area contributed by atoms with E-state index in [0.717, 1.165) is 22.9 Å². The van der Waals surface area contributed by atoms with Crippen molar-refractivity contribution in [1.29, 1.82) is 0 Å². The summed E-state index contributed by atoms with van der Waals surface area (Å²) in [6.45, 7) is 0.0658. The van der Waals surface area contributed by atoms with E-state index in [2.05, 4.69) is 22.0 Å². The fourth-order valence-corrected chi connectivity index (χ4v) is 2.95. The number of aliphatic carboxylic acids is 1. The van der Waals surface area contributed by atoms with Crippen molar-refractivity contribution in [3.63, 3.8) is 0 Å². The van der Waals surface area contributed by atoms with Crippen molar-refractivity contribution in [2.75, 3.05) is 6.54 Å². The number of carbonyl (C=O) groups excluding carboxylic acids is 1. The summed E-state index contributed by atoms with van der Waals surface area (Å²) >= 11 is 3.39. The molecule has 1 amide bonds. The van der Waals surface area contributed by atoms with Crippen molar-refractivity contribution in [2.45, 2.75) is 25.8 Å². The predicted molar refractivity (Wildman–Crippen MR) is 83.7 cm³/mol.